The Bertz CT molecular complexity index is 805. The maximum absolute atomic E-state index is 12.5. The Morgan fingerprint density at radius 1 is 1.04 bits per heavy atom. The van der Waals surface area contributed by atoms with E-state index >= 15 is 0 Å². The lowest BCUT2D eigenvalue weighted by atomic mass is 9.95. The highest BCUT2D eigenvalue weighted by Gasteiger charge is 2.22. The lowest BCUT2D eigenvalue weighted by molar-refractivity contribution is -0.124. The first-order valence-corrected chi connectivity index (χ1v) is 9.62. The van der Waals surface area contributed by atoms with Gasteiger partial charge in [0.15, 0.2) is 29.6 Å². The predicted molar refractivity (Wildman–Crippen MR) is 106 cm³/mol. The highest BCUT2D eigenvalue weighted by molar-refractivity contribution is 5.78. The Hall–Kier alpha value is -2.89. The fourth-order valence-electron chi connectivity index (χ4n) is 3.09. The molecule has 1 aliphatic heterocycles. The number of para-hydroxylation sites is 2. The maximum atomic E-state index is 12.5. The minimum absolute atomic E-state index is 0.0855. The number of amides is 1. The zero-order chi connectivity index (χ0) is 19.9. The molecule has 0 radical (unpaired) electrons. The van der Waals surface area contributed by atoms with Gasteiger partial charge in [-0.2, -0.15) is 0 Å². The summed E-state index contributed by atoms with van der Waals surface area (Å²) in [5.74, 6) is 2.64. The molecule has 2 aromatic rings. The summed E-state index contributed by atoms with van der Waals surface area (Å²) in [7, 11) is 0. The van der Waals surface area contributed by atoms with Crippen molar-refractivity contribution in [3.05, 3.63) is 48.0 Å². The molecule has 0 saturated heterocycles. The number of hydrogen-bond acceptors (Lipinski definition) is 5. The Labute approximate surface area is 165 Å². The minimum Gasteiger partial charge on any atom is -0.490 e. The zero-order valence-electron chi connectivity index (χ0n) is 16.6. The normalized spacial score (nSPS) is 13.7. The number of benzene rings is 2. The lowest BCUT2D eigenvalue weighted by Gasteiger charge is -2.25. The summed E-state index contributed by atoms with van der Waals surface area (Å²) in [6.45, 7) is 7.56. The summed E-state index contributed by atoms with van der Waals surface area (Å²) in [4.78, 5) is 12.5. The molecular weight excluding hydrogens is 358 g/mol. The number of carbonyl (C=O) groups excluding carboxylic acids is 1. The molecule has 1 amide bonds. The average molecular weight is 385 g/mol. The Morgan fingerprint density at radius 2 is 1.71 bits per heavy atom. The summed E-state index contributed by atoms with van der Waals surface area (Å²) in [6.07, 6.45) is 0. The van der Waals surface area contributed by atoms with Crippen LogP contribution in [-0.4, -0.2) is 32.3 Å². The van der Waals surface area contributed by atoms with E-state index < -0.39 is 0 Å². The van der Waals surface area contributed by atoms with E-state index in [-0.39, 0.29) is 24.5 Å². The zero-order valence-corrected chi connectivity index (χ0v) is 16.6. The second-order valence-electron chi connectivity index (χ2n) is 6.86. The van der Waals surface area contributed by atoms with Crippen molar-refractivity contribution in [2.24, 2.45) is 5.92 Å². The van der Waals surface area contributed by atoms with Gasteiger partial charge in [-0.15, -0.1) is 0 Å². The van der Waals surface area contributed by atoms with Gasteiger partial charge in [-0.3, -0.25) is 4.79 Å². The lowest BCUT2D eigenvalue weighted by Crippen LogP contribution is -2.35. The first-order chi connectivity index (χ1) is 13.6. The Morgan fingerprint density at radius 3 is 2.39 bits per heavy atom. The van der Waals surface area contributed by atoms with E-state index in [2.05, 4.69) is 19.2 Å². The smallest absolute Gasteiger partial charge is 0.258 e. The second-order valence-corrected chi connectivity index (χ2v) is 6.86. The first-order valence-electron chi connectivity index (χ1n) is 9.62. The fourth-order valence-corrected chi connectivity index (χ4v) is 3.09. The quantitative estimate of drug-likeness (QED) is 0.750. The molecule has 1 atom stereocenters. The summed E-state index contributed by atoms with van der Waals surface area (Å²) in [5.41, 5.74) is 0.974. The molecule has 0 spiro atoms. The molecule has 1 heterocycles. The molecule has 150 valence electrons. The third-order valence-corrected chi connectivity index (χ3v) is 4.42. The topological polar surface area (TPSA) is 66.0 Å². The van der Waals surface area contributed by atoms with Gasteiger partial charge in [-0.25, -0.2) is 0 Å². The van der Waals surface area contributed by atoms with Crippen LogP contribution in [0.15, 0.2) is 42.5 Å². The van der Waals surface area contributed by atoms with Crippen molar-refractivity contribution in [3.63, 3.8) is 0 Å². The number of carbonyl (C=O) groups is 1. The van der Waals surface area contributed by atoms with Gasteiger partial charge in [-0.05, 0) is 42.7 Å². The van der Waals surface area contributed by atoms with Gasteiger partial charge in [0.1, 0.15) is 13.2 Å². The van der Waals surface area contributed by atoms with E-state index in [4.69, 9.17) is 18.9 Å². The van der Waals surface area contributed by atoms with E-state index in [9.17, 15) is 4.79 Å². The van der Waals surface area contributed by atoms with Gasteiger partial charge in [0.05, 0.1) is 12.6 Å². The van der Waals surface area contributed by atoms with E-state index in [1.54, 1.807) is 6.07 Å². The second kappa shape index (κ2) is 9.35. The first kappa shape index (κ1) is 19.9. The summed E-state index contributed by atoms with van der Waals surface area (Å²) >= 11 is 0. The van der Waals surface area contributed by atoms with Gasteiger partial charge >= 0.3 is 0 Å². The van der Waals surface area contributed by atoms with Crippen molar-refractivity contribution in [2.45, 2.75) is 26.8 Å². The standard InChI is InChI=1S/C22H27NO5/c1-4-25-17-7-5-6-8-18(17)28-14-21(24)23-22(15(2)3)16-9-10-19-20(13-16)27-12-11-26-19/h5-10,13,15,22H,4,11-12,14H2,1-3H3,(H,23,24)/t22-/m1/s1. The Balaban J connectivity index is 1.65. The predicted octanol–water partition coefficient (Wildman–Crippen LogP) is 3.75. The highest BCUT2D eigenvalue weighted by Crippen LogP contribution is 2.34. The van der Waals surface area contributed by atoms with Gasteiger partial charge in [-0.1, -0.05) is 32.0 Å². The molecule has 0 saturated carbocycles. The molecule has 0 aliphatic carbocycles. The van der Waals surface area contributed by atoms with Crippen LogP contribution < -0.4 is 24.3 Å². The van der Waals surface area contributed by atoms with Crippen LogP contribution in [0.3, 0.4) is 0 Å². The molecule has 0 aromatic heterocycles. The van der Waals surface area contributed by atoms with Gasteiger partial charge in [0.25, 0.3) is 5.91 Å². The molecule has 6 heteroatoms. The van der Waals surface area contributed by atoms with Crippen LogP contribution in [0, 0.1) is 5.92 Å². The van der Waals surface area contributed by atoms with Gasteiger partial charge in [0, 0.05) is 0 Å². The number of ether oxygens (including phenoxy) is 4. The van der Waals surface area contributed by atoms with E-state index in [0.717, 1.165) is 11.3 Å². The van der Waals surface area contributed by atoms with Crippen LogP contribution in [0.25, 0.3) is 0 Å². The average Bonchev–Trinajstić information content (AvgIpc) is 2.71. The van der Waals surface area contributed by atoms with E-state index in [0.29, 0.717) is 37.1 Å². The van der Waals surface area contributed by atoms with Crippen LogP contribution in [0.5, 0.6) is 23.0 Å². The number of hydrogen-bond donors (Lipinski definition) is 1. The number of nitrogens with one attached hydrogen (secondary N) is 1. The maximum Gasteiger partial charge on any atom is 0.258 e. The molecule has 0 unspecified atom stereocenters. The van der Waals surface area contributed by atoms with Crippen LogP contribution in [0.4, 0.5) is 0 Å². The Kier molecular flexibility index (Phi) is 6.63. The van der Waals surface area contributed by atoms with Crippen LogP contribution in [-0.2, 0) is 4.79 Å². The highest BCUT2D eigenvalue weighted by atomic mass is 16.6. The molecule has 1 aliphatic rings. The third-order valence-electron chi connectivity index (χ3n) is 4.42. The fraction of sp³-hybridized carbons (Fsp3) is 0.409. The third kappa shape index (κ3) is 4.88. The van der Waals surface area contributed by atoms with Crippen molar-refractivity contribution in [1.29, 1.82) is 0 Å². The molecule has 28 heavy (non-hydrogen) atoms. The van der Waals surface area contributed by atoms with Crippen molar-refractivity contribution >= 4 is 5.91 Å². The van der Waals surface area contributed by atoms with Crippen LogP contribution in [0.1, 0.15) is 32.4 Å². The number of rotatable bonds is 8. The molecule has 3 rings (SSSR count). The molecule has 2 aromatic carbocycles. The van der Waals surface area contributed by atoms with Crippen molar-refractivity contribution in [2.75, 3.05) is 26.4 Å². The molecule has 6 nitrogen and oxygen atoms in total. The molecule has 0 fully saturated rings. The number of fused-ring (bicyclic) bond motifs is 1. The van der Waals surface area contributed by atoms with Crippen LogP contribution in [0.2, 0.25) is 0 Å². The minimum atomic E-state index is -0.195. The SMILES string of the molecule is CCOc1ccccc1OCC(=O)N[C@@H](c1ccc2c(c1)OCCO2)C(C)C. The van der Waals surface area contributed by atoms with Gasteiger partial charge in [0.2, 0.25) is 0 Å². The van der Waals surface area contributed by atoms with Gasteiger partial charge < -0.3 is 24.3 Å². The summed E-state index contributed by atoms with van der Waals surface area (Å²) in [5, 5.41) is 3.06. The van der Waals surface area contributed by atoms with Crippen molar-refractivity contribution in [3.8, 4) is 23.0 Å². The largest absolute Gasteiger partial charge is 0.490 e. The van der Waals surface area contributed by atoms with Crippen molar-refractivity contribution < 1.29 is 23.7 Å². The summed E-state index contributed by atoms with van der Waals surface area (Å²) in [6, 6.07) is 13.0. The summed E-state index contributed by atoms with van der Waals surface area (Å²) < 4.78 is 22.4. The van der Waals surface area contributed by atoms with E-state index in [1.165, 1.54) is 0 Å². The van der Waals surface area contributed by atoms with Crippen LogP contribution >= 0.6 is 0 Å². The monoisotopic (exact) mass is 385 g/mol. The molecular formula is C22H27NO5. The van der Waals surface area contributed by atoms with Crippen molar-refractivity contribution in [1.82, 2.24) is 5.32 Å². The molecule has 0 bridgehead atoms. The van der Waals surface area contributed by atoms with E-state index in [1.807, 2.05) is 43.3 Å². The molecule has 1 N–H and O–H groups in total.